The predicted molar refractivity (Wildman–Crippen MR) is 290 cm³/mol. The molecule has 9 heteroatoms. The van der Waals surface area contributed by atoms with Crippen molar-refractivity contribution in [3.05, 3.63) is 24.3 Å². The van der Waals surface area contributed by atoms with Gasteiger partial charge in [0.1, 0.15) is 24.4 Å². The van der Waals surface area contributed by atoms with Gasteiger partial charge in [0.25, 0.3) is 0 Å². The number of hydrogen-bond donors (Lipinski definition) is 6. The summed E-state index contributed by atoms with van der Waals surface area (Å²) in [5.74, 6) is -0.176. The minimum Gasteiger partial charge on any atom is -0.394 e. The molecule has 7 atom stereocenters. The molecular formula is C60H115NO8. The molecule has 0 aliphatic carbocycles. The number of carbonyl (C=O) groups is 1. The smallest absolute Gasteiger partial charge is 0.220 e. The van der Waals surface area contributed by atoms with Gasteiger partial charge in [-0.05, 0) is 44.9 Å². The first kappa shape index (κ1) is 65.7. The number of allylic oxidation sites excluding steroid dienone is 3. The molecule has 7 unspecified atom stereocenters. The molecule has 0 spiro atoms. The van der Waals surface area contributed by atoms with E-state index in [0.717, 1.165) is 38.5 Å². The average Bonchev–Trinajstić information content (AvgIpc) is 3.35. The van der Waals surface area contributed by atoms with Crippen molar-refractivity contribution in [2.75, 3.05) is 13.2 Å². The molecule has 1 heterocycles. The van der Waals surface area contributed by atoms with Crippen molar-refractivity contribution in [1.29, 1.82) is 0 Å². The molecule has 0 aromatic rings. The number of aliphatic hydroxyl groups is 5. The zero-order valence-corrected chi connectivity index (χ0v) is 45.3. The van der Waals surface area contributed by atoms with Crippen LogP contribution in [0.2, 0.25) is 0 Å². The van der Waals surface area contributed by atoms with Crippen LogP contribution in [-0.2, 0) is 14.3 Å². The number of hydrogen-bond acceptors (Lipinski definition) is 8. The van der Waals surface area contributed by atoms with Crippen LogP contribution in [0.5, 0.6) is 0 Å². The maximum Gasteiger partial charge on any atom is 0.220 e. The summed E-state index contributed by atoms with van der Waals surface area (Å²) in [5.41, 5.74) is 0. The topological polar surface area (TPSA) is 149 Å². The maximum absolute atomic E-state index is 13.1. The summed E-state index contributed by atoms with van der Waals surface area (Å²) in [6.45, 7) is 3.82. The highest BCUT2D eigenvalue weighted by atomic mass is 16.7. The van der Waals surface area contributed by atoms with Crippen LogP contribution in [0.25, 0.3) is 0 Å². The van der Waals surface area contributed by atoms with Gasteiger partial charge in [0.05, 0.1) is 25.4 Å². The lowest BCUT2D eigenvalue weighted by molar-refractivity contribution is -0.302. The van der Waals surface area contributed by atoms with E-state index >= 15 is 0 Å². The molecular weight excluding hydrogens is 863 g/mol. The van der Waals surface area contributed by atoms with Crippen LogP contribution in [0, 0.1) is 0 Å². The molecule has 9 nitrogen and oxygen atoms in total. The molecule has 0 saturated carbocycles. The van der Waals surface area contributed by atoms with Crippen molar-refractivity contribution in [1.82, 2.24) is 5.32 Å². The Hall–Kier alpha value is -1.33. The zero-order valence-electron chi connectivity index (χ0n) is 45.3. The van der Waals surface area contributed by atoms with Gasteiger partial charge in [-0.15, -0.1) is 0 Å². The normalized spacial score (nSPS) is 19.6. The van der Waals surface area contributed by atoms with Crippen molar-refractivity contribution in [3.8, 4) is 0 Å². The number of amides is 1. The molecule has 1 fully saturated rings. The van der Waals surface area contributed by atoms with E-state index in [4.69, 9.17) is 9.47 Å². The molecule has 0 radical (unpaired) electrons. The van der Waals surface area contributed by atoms with E-state index in [1.54, 1.807) is 6.08 Å². The molecule has 69 heavy (non-hydrogen) atoms. The Morgan fingerprint density at radius 2 is 0.812 bits per heavy atom. The molecule has 6 N–H and O–H groups in total. The summed E-state index contributed by atoms with van der Waals surface area (Å²) in [4.78, 5) is 13.1. The molecule has 1 aliphatic rings. The Morgan fingerprint density at radius 1 is 0.478 bits per heavy atom. The second kappa shape index (κ2) is 50.2. The van der Waals surface area contributed by atoms with Crippen LogP contribution in [0.15, 0.2) is 24.3 Å². The lowest BCUT2D eigenvalue weighted by atomic mass is 9.99. The number of aliphatic hydroxyl groups excluding tert-OH is 5. The van der Waals surface area contributed by atoms with Crippen LogP contribution < -0.4 is 5.32 Å². The highest BCUT2D eigenvalue weighted by Crippen LogP contribution is 2.23. The van der Waals surface area contributed by atoms with Crippen LogP contribution in [0.4, 0.5) is 0 Å². The standard InChI is InChI=1S/C60H115NO8/c1-3-5-7-9-11-13-15-17-19-21-23-25-27-28-29-31-33-35-37-39-41-43-45-47-49-54(63)53(52-68-60-59(67)58(66)57(65)55(51-62)69-60)61-56(64)50-48-46-44-42-40-38-36-34-32-30-26-24-22-20-18-16-14-12-10-8-6-4-2/h30,32,47,49,53-55,57-60,62-63,65-67H,3-29,31,33-46,48,50-52H2,1-2H3,(H,61,64)/b32-30-,49-47+. The van der Waals surface area contributed by atoms with E-state index in [2.05, 4.69) is 31.3 Å². The summed E-state index contributed by atoms with van der Waals surface area (Å²) in [6.07, 6.45) is 56.7. The van der Waals surface area contributed by atoms with Gasteiger partial charge in [0.2, 0.25) is 5.91 Å². The van der Waals surface area contributed by atoms with Gasteiger partial charge in [0.15, 0.2) is 6.29 Å². The third-order valence-corrected chi connectivity index (χ3v) is 14.5. The van der Waals surface area contributed by atoms with E-state index in [1.807, 2.05) is 6.08 Å². The predicted octanol–water partition coefficient (Wildman–Crippen LogP) is 15.0. The van der Waals surface area contributed by atoms with E-state index in [-0.39, 0.29) is 12.5 Å². The third-order valence-electron chi connectivity index (χ3n) is 14.5. The van der Waals surface area contributed by atoms with Gasteiger partial charge in [-0.2, -0.15) is 0 Å². The number of nitrogens with one attached hydrogen (secondary N) is 1. The molecule has 408 valence electrons. The summed E-state index contributed by atoms with van der Waals surface area (Å²) >= 11 is 0. The van der Waals surface area contributed by atoms with Crippen molar-refractivity contribution >= 4 is 5.91 Å². The fourth-order valence-electron chi connectivity index (χ4n) is 9.74. The van der Waals surface area contributed by atoms with Crippen molar-refractivity contribution in [3.63, 3.8) is 0 Å². The minimum atomic E-state index is -1.57. The second-order valence-electron chi connectivity index (χ2n) is 21.1. The molecule has 0 aromatic heterocycles. The van der Waals surface area contributed by atoms with Crippen LogP contribution in [0.3, 0.4) is 0 Å². The van der Waals surface area contributed by atoms with Crippen molar-refractivity contribution in [2.45, 2.75) is 339 Å². The largest absolute Gasteiger partial charge is 0.394 e. The Kier molecular flexibility index (Phi) is 47.8. The average molecular weight is 979 g/mol. The number of rotatable bonds is 52. The Bertz CT molecular complexity index is 1130. The molecule has 1 rings (SSSR count). The number of unbranched alkanes of at least 4 members (excludes halogenated alkanes) is 40. The fraction of sp³-hybridized carbons (Fsp3) is 0.917. The molecule has 1 amide bonds. The second-order valence-corrected chi connectivity index (χ2v) is 21.1. The lowest BCUT2D eigenvalue weighted by Crippen LogP contribution is -2.60. The van der Waals surface area contributed by atoms with Crippen molar-refractivity contribution < 1.29 is 39.8 Å². The SMILES string of the molecule is CCCCCCCCCCCCC/C=C\CCCCCCCCCC(=O)NC(COC1OC(CO)C(O)C(O)C1O)C(O)/C=C/CCCCCCCCCCCCCCCCCCCCCCCC. The minimum absolute atomic E-state index is 0.176. The van der Waals surface area contributed by atoms with Gasteiger partial charge in [-0.3, -0.25) is 4.79 Å². The highest BCUT2D eigenvalue weighted by Gasteiger charge is 2.44. The van der Waals surface area contributed by atoms with Gasteiger partial charge < -0.3 is 40.3 Å². The molecule has 1 saturated heterocycles. The lowest BCUT2D eigenvalue weighted by Gasteiger charge is -2.40. The van der Waals surface area contributed by atoms with Gasteiger partial charge in [-0.1, -0.05) is 269 Å². The van der Waals surface area contributed by atoms with E-state index in [1.165, 1.54) is 238 Å². The summed E-state index contributed by atoms with van der Waals surface area (Å²) in [7, 11) is 0. The van der Waals surface area contributed by atoms with Gasteiger partial charge >= 0.3 is 0 Å². The van der Waals surface area contributed by atoms with Crippen LogP contribution in [0.1, 0.15) is 296 Å². The van der Waals surface area contributed by atoms with Gasteiger partial charge in [0, 0.05) is 6.42 Å². The molecule has 1 aliphatic heterocycles. The first-order valence-corrected chi connectivity index (χ1v) is 30.1. The van der Waals surface area contributed by atoms with E-state index in [0.29, 0.717) is 6.42 Å². The Balaban J connectivity index is 2.22. The fourth-order valence-corrected chi connectivity index (χ4v) is 9.74. The molecule has 0 aromatic carbocycles. The Labute approximate surface area is 426 Å². The Morgan fingerprint density at radius 3 is 1.17 bits per heavy atom. The van der Waals surface area contributed by atoms with Crippen LogP contribution >= 0.6 is 0 Å². The van der Waals surface area contributed by atoms with Gasteiger partial charge in [-0.25, -0.2) is 0 Å². The van der Waals surface area contributed by atoms with Crippen LogP contribution in [-0.4, -0.2) is 87.5 Å². The number of ether oxygens (including phenoxy) is 2. The number of carbonyl (C=O) groups excluding carboxylic acids is 1. The first-order chi connectivity index (χ1) is 33.8. The summed E-state index contributed by atoms with van der Waals surface area (Å²) in [5, 5.41) is 54.6. The zero-order chi connectivity index (χ0) is 50.1. The third kappa shape index (κ3) is 39.8. The monoisotopic (exact) mass is 978 g/mol. The summed E-state index contributed by atoms with van der Waals surface area (Å²) < 4.78 is 11.3. The van der Waals surface area contributed by atoms with Crippen molar-refractivity contribution in [2.24, 2.45) is 0 Å². The molecule has 0 bridgehead atoms. The summed E-state index contributed by atoms with van der Waals surface area (Å²) in [6, 6.07) is -0.806. The van der Waals surface area contributed by atoms with E-state index in [9.17, 15) is 30.3 Å². The highest BCUT2D eigenvalue weighted by molar-refractivity contribution is 5.76. The maximum atomic E-state index is 13.1. The van der Waals surface area contributed by atoms with E-state index < -0.39 is 49.5 Å². The quantitative estimate of drug-likeness (QED) is 0.0261. The first-order valence-electron chi connectivity index (χ1n) is 30.1.